The standard InChI is InChI=1S/C79H154O17P2/c1-9-72(8)58-50-42-33-27-23-19-16-17-21-25-29-35-45-53-61-78(83)95-75(66-90-77(82)60-52-44-38-37-41-49-57-71(6)7)68-94-98(87,88)92-64-73(80)63-91-97(85,86)93-67-74(96-79(84)62-54-46-36-30-32-40-48-56-70(4)5)65-89-76(81)59-51-43-34-28-24-20-15-13-11-10-12-14-18-22-26-31-39-47-55-69(2)3/h69-75,80H,9-68H2,1-8H3,(H,85,86)(H,87,88)/t72?,73-,74-,75-/m1/s1. The van der Waals surface area contributed by atoms with Gasteiger partial charge in [-0.2, -0.15) is 0 Å². The molecule has 19 heteroatoms. The van der Waals surface area contributed by atoms with Crippen molar-refractivity contribution in [3.63, 3.8) is 0 Å². The summed E-state index contributed by atoms with van der Waals surface area (Å²) >= 11 is 0. The number of esters is 4. The molecule has 582 valence electrons. The first kappa shape index (κ1) is 96.1. The Balaban J connectivity index is 5.12. The largest absolute Gasteiger partial charge is 0.472 e. The maximum Gasteiger partial charge on any atom is 0.472 e. The first-order valence-electron chi connectivity index (χ1n) is 40.7. The van der Waals surface area contributed by atoms with Gasteiger partial charge in [0.2, 0.25) is 0 Å². The number of carbonyl (C=O) groups is 4. The van der Waals surface area contributed by atoms with Crippen LogP contribution in [0.1, 0.15) is 402 Å². The molecule has 0 aliphatic heterocycles. The van der Waals surface area contributed by atoms with Crippen molar-refractivity contribution >= 4 is 39.5 Å². The molecule has 0 heterocycles. The topological polar surface area (TPSA) is 237 Å². The second kappa shape index (κ2) is 68.2. The van der Waals surface area contributed by atoms with Crippen molar-refractivity contribution in [3.8, 4) is 0 Å². The van der Waals surface area contributed by atoms with Crippen LogP contribution in [0.3, 0.4) is 0 Å². The van der Waals surface area contributed by atoms with E-state index in [2.05, 4.69) is 55.4 Å². The number of phosphoric ester groups is 2. The summed E-state index contributed by atoms with van der Waals surface area (Å²) in [5.41, 5.74) is 0. The molecule has 0 aromatic heterocycles. The molecule has 0 rings (SSSR count). The number of unbranched alkanes of at least 4 members (excludes halogenated alkanes) is 41. The molecule has 0 amide bonds. The van der Waals surface area contributed by atoms with Crippen LogP contribution in [0.15, 0.2) is 0 Å². The van der Waals surface area contributed by atoms with E-state index in [1.807, 2.05) is 0 Å². The fourth-order valence-electron chi connectivity index (χ4n) is 12.0. The highest BCUT2D eigenvalue weighted by atomic mass is 31.2. The van der Waals surface area contributed by atoms with Crippen LogP contribution in [0.5, 0.6) is 0 Å². The Morgan fingerprint density at radius 1 is 0.286 bits per heavy atom. The Kier molecular flexibility index (Phi) is 66.8. The molecule has 0 saturated heterocycles. The number of ether oxygens (including phenoxy) is 4. The molecule has 3 N–H and O–H groups in total. The molecule has 6 atom stereocenters. The van der Waals surface area contributed by atoms with Gasteiger partial charge >= 0.3 is 39.5 Å². The minimum absolute atomic E-state index is 0.104. The number of aliphatic hydroxyl groups excluding tert-OH is 1. The van der Waals surface area contributed by atoms with Crippen molar-refractivity contribution in [1.29, 1.82) is 0 Å². The summed E-state index contributed by atoms with van der Waals surface area (Å²) in [5.74, 6) is 0.922. The third-order valence-corrected chi connectivity index (χ3v) is 20.6. The van der Waals surface area contributed by atoms with Gasteiger partial charge in [-0.25, -0.2) is 9.13 Å². The molecular formula is C79H154O17P2. The number of hydrogen-bond donors (Lipinski definition) is 3. The predicted molar refractivity (Wildman–Crippen MR) is 400 cm³/mol. The van der Waals surface area contributed by atoms with Crippen molar-refractivity contribution < 1.29 is 80.2 Å². The Morgan fingerprint density at radius 3 is 0.724 bits per heavy atom. The van der Waals surface area contributed by atoms with Gasteiger partial charge in [-0.15, -0.1) is 0 Å². The third kappa shape index (κ3) is 71.1. The summed E-state index contributed by atoms with van der Waals surface area (Å²) in [5, 5.41) is 10.6. The van der Waals surface area contributed by atoms with Gasteiger partial charge in [0.15, 0.2) is 12.2 Å². The van der Waals surface area contributed by atoms with Crippen LogP contribution >= 0.6 is 15.6 Å². The van der Waals surface area contributed by atoms with Gasteiger partial charge in [0.1, 0.15) is 19.3 Å². The van der Waals surface area contributed by atoms with Gasteiger partial charge in [-0.05, 0) is 49.4 Å². The number of hydrogen-bond acceptors (Lipinski definition) is 15. The SMILES string of the molecule is CCC(C)CCCCCCCCCCCCCCCCC(=O)O[C@H](COC(=O)CCCCCCCCC(C)C)COP(=O)(O)OC[C@H](O)COP(=O)(O)OC[C@@H](COC(=O)CCCCCCCCCCCCCCCCCCCCC(C)C)OC(=O)CCCCCCCCCC(C)C. The minimum atomic E-state index is -4.96. The molecule has 98 heavy (non-hydrogen) atoms. The monoisotopic (exact) mass is 1440 g/mol. The molecule has 0 aliphatic carbocycles. The smallest absolute Gasteiger partial charge is 0.462 e. The first-order valence-corrected chi connectivity index (χ1v) is 43.7. The van der Waals surface area contributed by atoms with E-state index in [-0.39, 0.29) is 25.7 Å². The molecule has 0 aromatic rings. The van der Waals surface area contributed by atoms with E-state index < -0.39 is 97.5 Å². The summed E-state index contributed by atoms with van der Waals surface area (Å²) in [6.45, 7) is 14.2. The van der Waals surface area contributed by atoms with Crippen LogP contribution in [0.2, 0.25) is 0 Å². The van der Waals surface area contributed by atoms with Crippen LogP contribution in [0, 0.1) is 23.7 Å². The lowest BCUT2D eigenvalue weighted by atomic mass is 9.99. The molecule has 3 unspecified atom stereocenters. The van der Waals surface area contributed by atoms with Gasteiger partial charge in [0.05, 0.1) is 26.4 Å². The van der Waals surface area contributed by atoms with E-state index in [1.165, 1.54) is 199 Å². The maximum absolute atomic E-state index is 13.1. The van der Waals surface area contributed by atoms with Crippen molar-refractivity contribution in [3.05, 3.63) is 0 Å². The molecule has 0 aromatic carbocycles. The highest BCUT2D eigenvalue weighted by Crippen LogP contribution is 2.45. The van der Waals surface area contributed by atoms with E-state index in [9.17, 15) is 43.2 Å². The molecule has 0 spiro atoms. The number of phosphoric acid groups is 2. The average molecular weight is 1440 g/mol. The van der Waals surface area contributed by atoms with Crippen LogP contribution in [0.25, 0.3) is 0 Å². The summed E-state index contributed by atoms with van der Waals surface area (Å²) in [4.78, 5) is 72.8. The lowest BCUT2D eigenvalue weighted by Crippen LogP contribution is -2.30. The summed E-state index contributed by atoms with van der Waals surface area (Å²) in [6, 6.07) is 0. The van der Waals surface area contributed by atoms with Crippen molar-refractivity contribution in [2.75, 3.05) is 39.6 Å². The van der Waals surface area contributed by atoms with Gasteiger partial charge in [-0.3, -0.25) is 37.3 Å². The van der Waals surface area contributed by atoms with Crippen LogP contribution in [-0.2, 0) is 65.4 Å². The molecule has 0 aliphatic rings. The number of aliphatic hydroxyl groups is 1. The van der Waals surface area contributed by atoms with E-state index in [0.29, 0.717) is 37.5 Å². The second-order valence-electron chi connectivity index (χ2n) is 30.1. The summed E-state index contributed by atoms with van der Waals surface area (Å²) in [7, 11) is -9.91. The Bertz CT molecular complexity index is 1920. The van der Waals surface area contributed by atoms with Crippen molar-refractivity contribution in [2.24, 2.45) is 23.7 Å². The van der Waals surface area contributed by atoms with E-state index in [1.54, 1.807) is 0 Å². The van der Waals surface area contributed by atoms with Crippen molar-refractivity contribution in [2.45, 2.75) is 420 Å². The molecule has 0 bridgehead atoms. The van der Waals surface area contributed by atoms with Gasteiger partial charge < -0.3 is 33.8 Å². The quantitative estimate of drug-likeness (QED) is 0.0222. The van der Waals surface area contributed by atoms with Crippen LogP contribution < -0.4 is 0 Å². The summed E-state index contributed by atoms with van der Waals surface area (Å²) in [6.07, 6.45) is 54.5. The predicted octanol–water partition coefficient (Wildman–Crippen LogP) is 23.2. The van der Waals surface area contributed by atoms with Crippen LogP contribution in [-0.4, -0.2) is 96.7 Å². The highest BCUT2D eigenvalue weighted by Gasteiger charge is 2.30. The highest BCUT2D eigenvalue weighted by molar-refractivity contribution is 7.47. The minimum Gasteiger partial charge on any atom is -0.462 e. The lowest BCUT2D eigenvalue weighted by Gasteiger charge is -2.21. The first-order chi connectivity index (χ1) is 47.1. The normalized spacial score (nSPS) is 14.3. The zero-order valence-corrected chi connectivity index (χ0v) is 66.2. The fourth-order valence-corrected chi connectivity index (χ4v) is 13.6. The van der Waals surface area contributed by atoms with Gasteiger partial charge in [0, 0.05) is 25.7 Å². The van der Waals surface area contributed by atoms with E-state index >= 15 is 0 Å². The maximum atomic E-state index is 13.1. The second-order valence-corrected chi connectivity index (χ2v) is 33.0. The number of rotatable bonds is 76. The molecule has 0 fully saturated rings. The van der Waals surface area contributed by atoms with E-state index in [0.717, 1.165) is 108 Å². The molecule has 0 radical (unpaired) electrons. The average Bonchev–Trinajstić information content (AvgIpc) is 1.00. The van der Waals surface area contributed by atoms with Crippen molar-refractivity contribution in [1.82, 2.24) is 0 Å². The van der Waals surface area contributed by atoms with Crippen LogP contribution in [0.4, 0.5) is 0 Å². The molecule has 17 nitrogen and oxygen atoms in total. The summed E-state index contributed by atoms with van der Waals surface area (Å²) < 4.78 is 68.5. The fraction of sp³-hybridized carbons (Fsp3) is 0.949. The number of carbonyl (C=O) groups excluding carboxylic acids is 4. The Labute approximate surface area is 600 Å². The van der Waals surface area contributed by atoms with E-state index in [4.69, 9.17) is 37.0 Å². The zero-order valence-electron chi connectivity index (χ0n) is 64.4. The Hall–Kier alpha value is -1.94. The molecule has 0 saturated carbocycles. The van der Waals surface area contributed by atoms with Gasteiger partial charge in [-0.1, -0.05) is 351 Å². The lowest BCUT2D eigenvalue weighted by molar-refractivity contribution is -0.161. The van der Waals surface area contributed by atoms with Gasteiger partial charge in [0.25, 0.3) is 0 Å². The Morgan fingerprint density at radius 2 is 0.490 bits per heavy atom. The zero-order chi connectivity index (χ0) is 72.4. The molecular weight excluding hydrogens is 1280 g/mol. The third-order valence-electron chi connectivity index (χ3n) is 18.7.